The zero-order valence-electron chi connectivity index (χ0n) is 15.5. The van der Waals surface area contributed by atoms with E-state index < -0.39 is 0 Å². The summed E-state index contributed by atoms with van der Waals surface area (Å²) in [6.07, 6.45) is 4.93. The fourth-order valence-corrected chi connectivity index (χ4v) is 3.38. The third-order valence-electron chi connectivity index (χ3n) is 4.79. The average Bonchev–Trinajstić information content (AvgIpc) is 3.30. The van der Waals surface area contributed by atoms with Crippen molar-refractivity contribution >= 4 is 22.8 Å². The molecule has 0 atom stereocenters. The van der Waals surface area contributed by atoms with Crippen molar-refractivity contribution in [3.63, 3.8) is 0 Å². The van der Waals surface area contributed by atoms with E-state index in [-0.39, 0.29) is 5.97 Å². The lowest BCUT2D eigenvalue weighted by Crippen LogP contribution is -2.46. The molecule has 0 aromatic carbocycles. The van der Waals surface area contributed by atoms with E-state index in [0.29, 0.717) is 24.5 Å². The molecule has 0 unspecified atom stereocenters. The Morgan fingerprint density at radius 1 is 1.26 bits per heavy atom. The number of piperazine rings is 1. The van der Waals surface area contributed by atoms with Crippen molar-refractivity contribution in [3.8, 4) is 0 Å². The summed E-state index contributed by atoms with van der Waals surface area (Å²) in [5.74, 6) is 1.23. The average molecular weight is 370 g/mol. The maximum absolute atomic E-state index is 12.0. The Bertz CT molecular complexity index is 942. The summed E-state index contributed by atoms with van der Waals surface area (Å²) in [4.78, 5) is 25.3. The molecular weight excluding hydrogens is 348 g/mol. The largest absolute Gasteiger partial charge is 0.467 e. The lowest BCUT2D eigenvalue weighted by Gasteiger charge is -2.35. The first-order chi connectivity index (χ1) is 13.2. The molecule has 4 rings (SSSR count). The third kappa shape index (κ3) is 3.37. The molecule has 1 aliphatic heterocycles. The SMILES string of the molecule is CCOC(=O)c1ccoc1CN1CCN(c2ncnc3c2cnn3C)CC1. The van der Waals surface area contributed by atoms with Crippen molar-refractivity contribution in [2.45, 2.75) is 13.5 Å². The zero-order chi connectivity index (χ0) is 18.8. The second-order valence-electron chi connectivity index (χ2n) is 6.44. The van der Waals surface area contributed by atoms with Crippen LogP contribution in [0.5, 0.6) is 0 Å². The van der Waals surface area contributed by atoms with E-state index in [4.69, 9.17) is 9.15 Å². The van der Waals surface area contributed by atoms with Gasteiger partial charge in [-0.05, 0) is 13.0 Å². The molecule has 0 spiro atoms. The van der Waals surface area contributed by atoms with Crippen LogP contribution in [0, 0.1) is 0 Å². The Hall–Kier alpha value is -2.94. The van der Waals surface area contributed by atoms with Crippen molar-refractivity contribution in [2.24, 2.45) is 7.05 Å². The number of esters is 1. The molecule has 4 heterocycles. The lowest BCUT2D eigenvalue weighted by atomic mass is 10.2. The molecule has 0 bridgehead atoms. The molecule has 3 aromatic heterocycles. The van der Waals surface area contributed by atoms with Gasteiger partial charge in [0.05, 0.1) is 31.0 Å². The first kappa shape index (κ1) is 17.5. The topological polar surface area (TPSA) is 89.5 Å². The maximum Gasteiger partial charge on any atom is 0.341 e. The predicted octanol–water partition coefficient (Wildman–Crippen LogP) is 1.46. The van der Waals surface area contributed by atoms with E-state index in [9.17, 15) is 4.79 Å². The molecule has 0 aliphatic carbocycles. The number of carbonyl (C=O) groups is 1. The number of anilines is 1. The highest BCUT2D eigenvalue weighted by molar-refractivity contribution is 5.90. The molecule has 0 radical (unpaired) electrons. The molecule has 1 saturated heterocycles. The summed E-state index contributed by atoms with van der Waals surface area (Å²) in [6, 6.07) is 1.67. The fourth-order valence-electron chi connectivity index (χ4n) is 3.38. The molecule has 0 N–H and O–H groups in total. The molecule has 142 valence electrons. The smallest absolute Gasteiger partial charge is 0.341 e. The van der Waals surface area contributed by atoms with Crippen molar-refractivity contribution in [1.29, 1.82) is 0 Å². The van der Waals surface area contributed by atoms with Gasteiger partial charge in [0.15, 0.2) is 5.65 Å². The van der Waals surface area contributed by atoms with Crippen molar-refractivity contribution in [3.05, 3.63) is 36.2 Å². The van der Waals surface area contributed by atoms with Gasteiger partial charge in [-0.25, -0.2) is 14.8 Å². The van der Waals surface area contributed by atoms with Crippen LogP contribution in [-0.4, -0.2) is 63.4 Å². The second-order valence-corrected chi connectivity index (χ2v) is 6.44. The van der Waals surface area contributed by atoms with E-state index in [2.05, 4.69) is 24.9 Å². The van der Waals surface area contributed by atoms with Crippen molar-refractivity contribution in [2.75, 3.05) is 37.7 Å². The van der Waals surface area contributed by atoms with E-state index in [0.717, 1.165) is 43.0 Å². The molecule has 0 amide bonds. The van der Waals surface area contributed by atoms with E-state index in [1.54, 1.807) is 24.0 Å². The number of nitrogens with zero attached hydrogens (tertiary/aromatic N) is 6. The minimum Gasteiger partial charge on any atom is -0.467 e. The summed E-state index contributed by atoms with van der Waals surface area (Å²) < 4.78 is 12.4. The highest BCUT2D eigenvalue weighted by atomic mass is 16.5. The number of ether oxygens (including phenoxy) is 1. The van der Waals surface area contributed by atoms with Crippen LogP contribution in [0.2, 0.25) is 0 Å². The summed E-state index contributed by atoms with van der Waals surface area (Å²) in [7, 11) is 1.88. The van der Waals surface area contributed by atoms with Gasteiger partial charge in [0, 0.05) is 33.2 Å². The number of furan rings is 1. The molecule has 0 saturated carbocycles. The zero-order valence-corrected chi connectivity index (χ0v) is 15.5. The number of hydrogen-bond donors (Lipinski definition) is 0. The fraction of sp³-hybridized carbons (Fsp3) is 0.444. The van der Waals surface area contributed by atoms with Crippen LogP contribution in [-0.2, 0) is 18.3 Å². The first-order valence-electron chi connectivity index (χ1n) is 9.01. The van der Waals surface area contributed by atoms with Gasteiger partial charge in [0.25, 0.3) is 0 Å². The summed E-state index contributed by atoms with van der Waals surface area (Å²) in [5.41, 5.74) is 1.34. The number of aryl methyl sites for hydroxylation is 1. The third-order valence-corrected chi connectivity index (χ3v) is 4.79. The van der Waals surface area contributed by atoms with Crippen molar-refractivity contribution in [1.82, 2.24) is 24.6 Å². The van der Waals surface area contributed by atoms with Gasteiger partial charge in [-0.2, -0.15) is 5.10 Å². The Morgan fingerprint density at radius 3 is 2.85 bits per heavy atom. The lowest BCUT2D eigenvalue weighted by molar-refractivity contribution is 0.0522. The van der Waals surface area contributed by atoms with Gasteiger partial charge in [-0.15, -0.1) is 0 Å². The van der Waals surface area contributed by atoms with Crippen LogP contribution < -0.4 is 4.90 Å². The molecular formula is C18H22N6O3. The van der Waals surface area contributed by atoms with Crippen LogP contribution >= 0.6 is 0 Å². The van der Waals surface area contributed by atoms with E-state index in [1.807, 2.05) is 13.2 Å². The molecule has 9 heteroatoms. The summed E-state index contributed by atoms with van der Waals surface area (Å²) in [5, 5.41) is 5.24. The molecule has 9 nitrogen and oxygen atoms in total. The highest BCUT2D eigenvalue weighted by Crippen LogP contribution is 2.24. The summed E-state index contributed by atoms with van der Waals surface area (Å²) >= 11 is 0. The van der Waals surface area contributed by atoms with Crippen molar-refractivity contribution < 1.29 is 13.9 Å². The summed E-state index contributed by atoms with van der Waals surface area (Å²) in [6.45, 7) is 6.07. The minimum atomic E-state index is -0.333. The van der Waals surface area contributed by atoms with Gasteiger partial charge >= 0.3 is 5.97 Å². The molecule has 1 fully saturated rings. The van der Waals surface area contributed by atoms with Gasteiger partial charge in [0.2, 0.25) is 0 Å². The quantitative estimate of drug-likeness (QED) is 0.624. The Morgan fingerprint density at radius 2 is 2.07 bits per heavy atom. The van der Waals surface area contributed by atoms with Gasteiger partial charge in [0.1, 0.15) is 23.5 Å². The van der Waals surface area contributed by atoms with Crippen LogP contribution in [0.15, 0.2) is 29.3 Å². The number of aromatic nitrogens is 4. The maximum atomic E-state index is 12.0. The van der Waals surface area contributed by atoms with Gasteiger partial charge < -0.3 is 14.1 Å². The normalized spacial score (nSPS) is 15.4. The highest BCUT2D eigenvalue weighted by Gasteiger charge is 2.24. The van der Waals surface area contributed by atoms with Crippen LogP contribution in [0.25, 0.3) is 11.0 Å². The van der Waals surface area contributed by atoms with Crippen LogP contribution in [0.1, 0.15) is 23.0 Å². The second kappa shape index (κ2) is 7.36. The van der Waals surface area contributed by atoms with E-state index >= 15 is 0 Å². The number of rotatable bonds is 5. The number of fused-ring (bicyclic) bond motifs is 1. The molecule has 27 heavy (non-hydrogen) atoms. The van der Waals surface area contributed by atoms with Gasteiger partial charge in [-0.1, -0.05) is 0 Å². The molecule has 1 aliphatic rings. The van der Waals surface area contributed by atoms with E-state index in [1.165, 1.54) is 6.26 Å². The standard InChI is InChI=1S/C18H22N6O3/c1-3-26-18(25)13-4-9-27-15(13)11-23-5-7-24(8-6-23)17-14-10-21-22(2)16(14)19-12-20-17/h4,9-10,12H,3,5-8,11H2,1-2H3. The Kier molecular flexibility index (Phi) is 4.76. The van der Waals surface area contributed by atoms with Crippen LogP contribution in [0.4, 0.5) is 5.82 Å². The minimum absolute atomic E-state index is 0.333. The Labute approximate surface area is 156 Å². The first-order valence-corrected chi connectivity index (χ1v) is 9.01. The number of carbonyl (C=O) groups excluding carboxylic acids is 1. The van der Waals surface area contributed by atoms with Crippen LogP contribution in [0.3, 0.4) is 0 Å². The Balaban J connectivity index is 1.42. The number of hydrogen-bond acceptors (Lipinski definition) is 8. The molecule has 3 aromatic rings. The predicted molar refractivity (Wildman–Crippen MR) is 98.5 cm³/mol. The van der Waals surface area contributed by atoms with Gasteiger partial charge in [-0.3, -0.25) is 9.58 Å². The monoisotopic (exact) mass is 370 g/mol.